The Kier molecular flexibility index (Phi) is 6.32. The van der Waals surface area contributed by atoms with Gasteiger partial charge in [0.25, 0.3) is 0 Å². The molecule has 0 spiro atoms. The highest BCUT2D eigenvalue weighted by atomic mass is 16.5. The van der Waals surface area contributed by atoms with E-state index in [2.05, 4.69) is 6.58 Å². The molecule has 0 aromatic heterocycles. The van der Waals surface area contributed by atoms with E-state index in [1.807, 2.05) is 0 Å². The second-order valence-electron chi connectivity index (χ2n) is 3.33. The zero-order chi connectivity index (χ0) is 13.4. The van der Waals surface area contributed by atoms with E-state index in [-0.39, 0.29) is 30.6 Å². The molecule has 0 amide bonds. The monoisotopic (exact) mass is 242 g/mol. The van der Waals surface area contributed by atoms with Crippen molar-refractivity contribution in [3.05, 3.63) is 23.8 Å². The molecule has 94 valence electrons. The topological polar surface area (TPSA) is 101 Å². The van der Waals surface area contributed by atoms with Crippen LogP contribution in [-0.4, -0.2) is 34.7 Å². The summed E-state index contributed by atoms with van der Waals surface area (Å²) in [5.74, 6) is -3.16. The number of carboxylic acid groups (broad SMARTS) is 2. The Morgan fingerprint density at radius 1 is 1.29 bits per heavy atom. The quantitative estimate of drug-likeness (QED) is 0.392. The van der Waals surface area contributed by atoms with E-state index in [1.165, 1.54) is 6.92 Å². The van der Waals surface area contributed by atoms with E-state index in [0.717, 1.165) is 0 Å². The van der Waals surface area contributed by atoms with Gasteiger partial charge in [-0.1, -0.05) is 6.58 Å². The highest BCUT2D eigenvalue weighted by molar-refractivity contribution is 5.94. The summed E-state index contributed by atoms with van der Waals surface area (Å²) >= 11 is 0. The van der Waals surface area contributed by atoms with Crippen molar-refractivity contribution in [1.29, 1.82) is 0 Å². The van der Waals surface area contributed by atoms with E-state index in [1.54, 1.807) is 0 Å². The fourth-order valence-electron chi connectivity index (χ4n) is 0.941. The molecule has 17 heavy (non-hydrogen) atoms. The van der Waals surface area contributed by atoms with Crippen LogP contribution in [0.1, 0.15) is 19.8 Å². The number of carbonyl (C=O) groups is 3. The van der Waals surface area contributed by atoms with Crippen LogP contribution in [0.2, 0.25) is 0 Å². The number of aliphatic carboxylic acids is 2. The summed E-state index contributed by atoms with van der Waals surface area (Å²) < 4.78 is 4.73. The van der Waals surface area contributed by atoms with Crippen molar-refractivity contribution in [2.24, 2.45) is 0 Å². The van der Waals surface area contributed by atoms with Gasteiger partial charge < -0.3 is 14.9 Å². The van der Waals surface area contributed by atoms with Crippen LogP contribution in [0.15, 0.2) is 23.8 Å². The Labute approximate surface area is 98.2 Å². The Morgan fingerprint density at radius 2 is 1.88 bits per heavy atom. The van der Waals surface area contributed by atoms with Gasteiger partial charge in [0.2, 0.25) is 0 Å². The predicted molar refractivity (Wildman–Crippen MR) is 58.4 cm³/mol. The third-order valence-electron chi connectivity index (χ3n) is 1.74. The minimum atomic E-state index is -1.32. The van der Waals surface area contributed by atoms with Crippen molar-refractivity contribution >= 4 is 17.9 Å². The Balaban J connectivity index is 4.09. The largest absolute Gasteiger partial charge is 0.478 e. The fourth-order valence-corrected chi connectivity index (χ4v) is 0.941. The van der Waals surface area contributed by atoms with Gasteiger partial charge in [-0.3, -0.25) is 0 Å². The standard InChI is InChI=1S/C11H14O6/c1-7(2)11(16)17-5-3-4-8(10(14)15)6-9(12)13/h6H,1,3-5H2,2H3,(H,12,13)(H,14,15). The average molecular weight is 242 g/mol. The highest BCUT2D eigenvalue weighted by Gasteiger charge is 2.10. The molecule has 0 atom stereocenters. The van der Waals surface area contributed by atoms with Gasteiger partial charge in [0.05, 0.1) is 6.61 Å². The summed E-state index contributed by atoms with van der Waals surface area (Å²) in [4.78, 5) is 31.9. The third-order valence-corrected chi connectivity index (χ3v) is 1.74. The molecule has 6 heteroatoms. The first kappa shape index (κ1) is 14.9. The molecular formula is C11H14O6. The van der Waals surface area contributed by atoms with E-state index in [4.69, 9.17) is 14.9 Å². The minimum Gasteiger partial charge on any atom is -0.478 e. The van der Waals surface area contributed by atoms with Crippen LogP contribution in [0.5, 0.6) is 0 Å². The average Bonchev–Trinajstić information content (AvgIpc) is 2.21. The van der Waals surface area contributed by atoms with Crippen molar-refractivity contribution in [3.8, 4) is 0 Å². The fraction of sp³-hybridized carbons (Fsp3) is 0.364. The summed E-state index contributed by atoms with van der Waals surface area (Å²) in [6.45, 7) is 4.90. The van der Waals surface area contributed by atoms with Crippen LogP contribution in [0.3, 0.4) is 0 Å². The number of esters is 1. The molecule has 2 N–H and O–H groups in total. The number of carbonyl (C=O) groups excluding carboxylic acids is 1. The maximum atomic E-state index is 11.0. The maximum absolute atomic E-state index is 11.0. The number of rotatable bonds is 7. The molecule has 6 nitrogen and oxygen atoms in total. The summed E-state index contributed by atoms with van der Waals surface area (Å²) in [6.07, 6.45) is 0.887. The summed E-state index contributed by atoms with van der Waals surface area (Å²) in [5.41, 5.74) is 0.0217. The van der Waals surface area contributed by atoms with Crippen LogP contribution in [-0.2, 0) is 19.1 Å². The van der Waals surface area contributed by atoms with Gasteiger partial charge in [-0.25, -0.2) is 14.4 Å². The van der Waals surface area contributed by atoms with E-state index in [9.17, 15) is 14.4 Å². The Morgan fingerprint density at radius 3 is 2.29 bits per heavy atom. The van der Waals surface area contributed by atoms with Crippen LogP contribution in [0.4, 0.5) is 0 Å². The summed E-state index contributed by atoms with van der Waals surface area (Å²) in [7, 11) is 0. The van der Waals surface area contributed by atoms with Crippen molar-refractivity contribution < 1.29 is 29.3 Å². The molecule has 0 aliphatic heterocycles. The van der Waals surface area contributed by atoms with Gasteiger partial charge in [0, 0.05) is 17.2 Å². The molecule has 0 unspecified atom stereocenters. The summed E-state index contributed by atoms with van der Waals surface area (Å²) in [6, 6.07) is 0. The first-order valence-corrected chi connectivity index (χ1v) is 4.84. The molecule has 0 aromatic carbocycles. The van der Waals surface area contributed by atoms with E-state index >= 15 is 0 Å². The normalized spacial score (nSPS) is 10.8. The molecular weight excluding hydrogens is 228 g/mol. The van der Waals surface area contributed by atoms with Crippen LogP contribution in [0.25, 0.3) is 0 Å². The maximum Gasteiger partial charge on any atom is 0.333 e. The lowest BCUT2D eigenvalue weighted by molar-refractivity contribution is -0.139. The van der Waals surface area contributed by atoms with Crippen LogP contribution < -0.4 is 0 Å². The molecule has 0 bridgehead atoms. The molecule has 0 saturated heterocycles. The molecule has 0 heterocycles. The second-order valence-corrected chi connectivity index (χ2v) is 3.33. The number of hydrogen-bond donors (Lipinski definition) is 2. The van der Waals surface area contributed by atoms with Gasteiger partial charge in [0.15, 0.2) is 0 Å². The lowest BCUT2D eigenvalue weighted by atomic mass is 10.1. The van der Waals surface area contributed by atoms with Crippen molar-refractivity contribution in [2.45, 2.75) is 19.8 Å². The van der Waals surface area contributed by atoms with Crippen molar-refractivity contribution in [1.82, 2.24) is 0 Å². The van der Waals surface area contributed by atoms with Gasteiger partial charge in [-0.2, -0.15) is 0 Å². The molecule has 0 aliphatic carbocycles. The molecule has 0 aliphatic rings. The number of hydrogen-bond acceptors (Lipinski definition) is 4. The SMILES string of the molecule is C=C(C)C(=O)OCCCC(=CC(=O)O)C(=O)O. The first-order valence-electron chi connectivity index (χ1n) is 4.84. The van der Waals surface area contributed by atoms with Crippen LogP contribution >= 0.6 is 0 Å². The number of ether oxygens (including phenoxy) is 1. The lowest BCUT2D eigenvalue weighted by Gasteiger charge is -2.04. The van der Waals surface area contributed by atoms with Crippen molar-refractivity contribution in [3.63, 3.8) is 0 Å². The predicted octanol–water partition coefficient (Wildman–Crippen LogP) is 0.982. The van der Waals surface area contributed by atoms with Gasteiger partial charge in [-0.05, 0) is 19.8 Å². The zero-order valence-corrected chi connectivity index (χ0v) is 9.43. The smallest absolute Gasteiger partial charge is 0.333 e. The van der Waals surface area contributed by atoms with Crippen molar-refractivity contribution in [2.75, 3.05) is 6.61 Å². The van der Waals surface area contributed by atoms with E-state index < -0.39 is 17.9 Å². The molecule has 0 aromatic rings. The minimum absolute atomic E-state index is 0.0190. The lowest BCUT2D eigenvalue weighted by Crippen LogP contribution is -2.09. The van der Waals surface area contributed by atoms with E-state index in [0.29, 0.717) is 6.08 Å². The first-order chi connectivity index (χ1) is 7.84. The Bertz CT molecular complexity index is 366. The summed E-state index contributed by atoms with van der Waals surface area (Å²) in [5, 5.41) is 17.1. The van der Waals surface area contributed by atoms with Gasteiger partial charge >= 0.3 is 17.9 Å². The number of carboxylic acids is 2. The third kappa shape index (κ3) is 6.88. The van der Waals surface area contributed by atoms with Gasteiger partial charge in [-0.15, -0.1) is 0 Å². The molecule has 0 rings (SSSR count). The molecule has 0 fully saturated rings. The zero-order valence-electron chi connectivity index (χ0n) is 9.43. The highest BCUT2D eigenvalue weighted by Crippen LogP contribution is 2.06. The second kappa shape index (κ2) is 7.21. The molecule has 0 saturated carbocycles. The Hall–Kier alpha value is -2.11. The van der Waals surface area contributed by atoms with Gasteiger partial charge in [0.1, 0.15) is 0 Å². The molecule has 0 radical (unpaired) electrons. The van der Waals surface area contributed by atoms with Crippen LogP contribution in [0, 0.1) is 0 Å².